The second-order valence-electron chi connectivity index (χ2n) is 4.76. The van der Waals surface area contributed by atoms with Crippen molar-refractivity contribution in [1.29, 1.82) is 0 Å². The number of benzene rings is 2. The molecule has 2 aromatic carbocycles. The van der Waals surface area contributed by atoms with Crippen LogP contribution in [-0.4, -0.2) is 25.5 Å². The van der Waals surface area contributed by atoms with Crippen molar-refractivity contribution < 1.29 is 23.8 Å². The van der Waals surface area contributed by atoms with Crippen molar-refractivity contribution in [3.8, 4) is 17.2 Å². The van der Waals surface area contributed by atoms with Crippen molar-refractivity contribution >= 4 is 35.0 Å². The summed E-state index contributed by atoms with van der Waals surface area (Å²) in [5.41, 5.74) is 0.479. The Morgan fingerprint density at radius 3 is 2.42 bits per heavy atom. The van der Waals surface area contributed by atoms with E-state index in [4.69, 9.17) is 37.4 Å². The molecule has 0 fully saturated rings. The number of hydrogen-bond donors (Lipinski definition) is 0. The molecule has 7 heteroatoms. The Kier molecular flexibility index (Phi) is 6.06. The van der Waals surface area contributed by atoms with E-state index in [9.17, 15) is 9.59 Å². The summed E-state index contributed by atoms with van der Waals surface area (Å²) in [4.78, 5) is 23.2. The van der Waals surface area contributed by atoms with Gasteiger partial charge in [-0.25, -0.2) is 4.79 Å². The highest BCUT2D eigenvalue weighted by atomic mass is 35.5. The SMILES string of the molecule is COc1cc(C(C)=O)ccc1OCC(=O)Oc1cc(Cl)ccc1Cl. The Morgan fingerprint density at radius 1 is 1.00 bits per heavy atom. The average Bonchev–Trinajstić information content (AvgIpc) is 2.56. The molecule has 0 aliphatic heterocycles. The van der Waals surface area contributed by atoms with Gasteiger partial charge in [-0.3, -0.25) is 4.79 Å². The van der Waals surface area contributed by atoms with Crippen molar-refractivity contribution in [3.05, 3.63) is 52.0 Å². The maximum absolute atomic E-state index is 11.9. The minimum absolute atomic E-state index is 0.102. The first kappa shape index (κ1) is 18.1. The van der Waals surface area contributed by atoms with Crippen LogP contribution in [0.3, 0.4) is 0 Å². The number of ketones is 1. The minimum atomic E-state index is -0.656. The lowest BCUT2D eigenvalue weighted by molar-refractivity contribution is -0.136. The van der Waals surface area contributed by atoms with Gasteiger partial charge in [0.2, 0.25) is 0 Å². The molecule has 0 radical (unpaired) electrons. The van der Waals surface area contributed by atoms with E-state index >= 15 is 0 Å². The fourth-order valence-corrected chi connectivity index (χ4v) is 2.17. The highest BCUT2D eigenvalue weighted by Gasteiger charge is 2.13. The predicted octanol–water partition coefficient (Wildman–Crippen LogP) is 4.19. The zero-order valence-corrected chi connectivity index (χ0v) is 14.5. The van der Waals surface area contributed by atoms with Crippen LogP contribution in [0.25, 0.3) is 0 Å². The number of carbonyl (C=O) groups excluding carboxylic acids is 2. The van der Waals surface area contributed by atoms with E-state index < -0.39 is 5.97 Å². The monoisotopic (exact) mass is 368 g/mol. The summed E-state index contributed by atoms with van der Waals surface area (Å²) in [6.07, 6.45) is 0. The number of rotatable bonds is 6. The molecule has 0 aromatic heterocycles. The number of Topliss-reactive ketones (excluding diaryl/α,β-unsaturated/α-hetero) is 1. The molecule has 0 aliphatic rings. The maximum Gasteiger partial charge on any atom is 0.349 e. The van der Waals surface area contributed by atoms with E-state index in [1.807, 2.05) is 0 Å². The van der Waals surface area contributed by atoms with E-state index in [1.165, 1.54) is 32.2 Å². The molecule has 0 saturated heterocycles. The third-order valence-electron chi connectivity index (χ3n) is 3.03. The van der Waals surface area contributed by atoms with Gasteiger partial charge in [0.25, 0.3) is 0 Å². The van der Waals surface area contributed by atoms with Crippen LogP contribution >= 0.6 is 23.2 Å². The Morgan fingerprint density at radius 2 is 1.75 bits per heavy atom. The van der Waals surface area contributed by atoms with Crippen LogP contribution in [0.2, 0.25) is 10.0 Å². The van der Waals surface area contributed by atoms with E-state index in [1.54, 1.807) is 18.2 Å². The average molecular weight is 369 g/mol. The quantitative estimate of drug-likeness (QED) is 0.434. The first-order chi connectivity index (χ1) is 11.4. The summed E-state index contributed by atoms with van der Waals surface area (Å²) in [6.45, 7) is 1.08. The summed E-state index contributed by atoms with van der Waals surface area (Å²) >= 11 is 11.8. The predicted molar refractivity (Wildman–Crippen MR) is 90.6 cm³/mol. The molecule has 0 heterocycles. The number of methoxy groups -OCH3 is 1. The topological polar surface area (TPSA) is 61.8 Å². The van der Waals surface area contributed by atoms with Crippen LogP contribution in [0.5, 0.6) is 17.2 Å². The van der Waals surface area contributed by atoms with Crippen molar-refractivity contribution in [2.24, 2.45) is 0 Å². The molecule has 0 N–H and O–H groups in total. The molecule has 0 bridgehead atoms. The van der Waals surface area contributed by atoms with Gasteiger partial charge in [-0.05, 0) is 37.3 Å². The van der Waals surface area contributed by atoms with Gasteiger partial charge in [-0.2, -0.15) is 0 Å². The standard InChI is InChI=1S/C17H14Cl2O5/c1-10(20)11-3-6-14(16(7-11)22-2)23-9-17(21)24-15-8-12(18)4-5-13(15)19/h3-8H,9H2,1-2H3. The Hall–Kier alpha value is -2.24. The van der Waals surface area contributed by atoms with E-state index in [0.29, 0.717) is 22.1 Å². The van der Waals surface area contributed by atoms with Crippen LogP contribution in [-0.2, 0) is 4.79 Å². The lowest BCUT2D eigenvalue weighted by Gasteiger charge is -2.11. The Balaban J connectivity index is 2.03. The van der Waals surface area contributed by atoms with Gasteiger partial charge in [0.05, 0.1) is 12.1 Å². The molecule has 126 valence electrons. The van der Waals surface area contributed by atoms with E-state index in [0.717, 1.165) is 0 Å². The summed E-state index contributed by atoms with van der Waals surface area (Å²) in [5.74, 6) is 0.0521. The summed E-state index contributed by atoms with van der Waals surface area (Å²) < 4.78 is 15.6. The largest absolute Gasteiger partial charge is 0.493 e. The highest BCUT2D eigenvalue weighted by molar-refractivity contribution is 6.34. The summed E-state index contributed by atoms with van der Waals surface area (Å²) in [6, 6.07) is 9.21. The number of ether oxygens (including phenoxy) is 3. The van der Waals surface area contributed by atoms with Crippen molar-refractivity contribution in [2.45, 2.75) is 6.92 Å². The van der Waals surface area contributed by atoms with Gasteiger partial charge in [-0.15, -0.1) is 0 Å². The molecule has 0 spiro atoms. The molecule has 5 nitrogen and oxygen atoms in total. The maximum atomic E-state index is 11.9. The van der Waals surface area contributed by atoms with Crippen LogP contribution in [0, 0.1) is 0 Å². The molecule has 24 heavy (non-hydrogen) atoms. The second kappa shape index (κ2) is 8.04. The van der Waals surface area contributed by atoms with Gasteiger partial charge < -0.3 is 14.2 Å². The summed E-state index contributed by atoms with van der Waals surface area (Å²) in [5, 5.41) is 0.653. The number of esters is 1. The van der Waals surface area contributed by atoms with Gasteiger partial charge in [0.15, 0.2) is 29.6 Å². The molecule has 0 saturated carbocycles. The fourth-order valence-electron chi connectivity index (χ4n) is 1.85. The highest BCUT2D eigenvalue weighted by Crippen LogP contribution is 2.29. The Labute approximate surface area is 149 Å². The third-order valence-corrected chi connectivity index (χ3v) is 3.58. The number of halogens is 2. The van der Waals surface area contributed by atoms with Crippen molar-refractivity contribution in [3.63, 3.8) is 0 Å². The fraction of sp³-hybridized carbons (Fsp3) is 0.176. The second-order valence-corrected chi connectivity index (χ2v) is 5.60. The number of hydrogen-bond acceptors (Lipinski definition) is 5. The van der Waals surface area contributed by atoms with Crippen LogP contribution < -0.4 is 14.2 Å². The normalized spacial score (nSPS) is 10.2. The first-order valence-electron chi connectivity index (χ1n) is 6.88. The van der Waals surface area contributed by atoms with E-state index in [-0.39, 0.29) is 23.2 Å². The molecule has 0 amide bonds. The van der Waals surface area contributed by atoms with E-state index in [2.05, 4.69) is 0 Å². The lowest BCUT2D eigenvalue weighted by Crippen LogP contribution is -2.18. The summed E-state index contributed by atoms with van der Waals surface area (Å²) in [7, 11) is 1.44. The zero-order valence-electron chi connectivity index (χ0n) is 13.0. The third kappa shape index (κ3) is 4.63. The Bertz CT molecular complexity index is 774. The molecular formula is C17H14Cl2O5. The molecule has 0 unspecified atom stereocenters. The van der Waals surface area contributed by atoms with Crippen LogP contribution in [0.15, 0.2) is 36.4 Å². The van der Waals surface area contributed by atoms with Crippen molar-refractivity contribution in [1.82, 2.24) is 0 Å². The van der Waals surface area contributed by atoms with Gasteiger partial charge in [0, 0.05) is 16.7 Å². The van der Waals surface area contributed by atoms with Crippen molar-refractivity contribution in [2.75, 3.05) is 13.7 Å². The molecular weight excluding hydrogens is 355 g/mol. The van der Waals surface area contributed by atoms with Crippen LogP contribution in [0.4, 0.5) is 0 Å². The number of carbonyl (C=O) groups is 2. The van der Waals surface area contributed by atoms with Gasteiger partial charge in [0.1, 0.15) is 0 Å². The lowest BCUT2D eigenvalue weighted by atomic mass is 10.1. The van der Waals surface area contributed by atoms with Gasteiger partial charge in [-0.1, -0.05) is 23.2 Å². The van der Waals surface area contributed by atoms with Gasteiger partial charge >= 0.3 is 5.97 Å². The molecule has 0 atom stereocenters. The molecule has 0 aliphatic carbocycles. The first-order valence-corrected chi connectivity index (χ1v) is 7.64. The zero-order chi connectivity index (χ0) is 17.7. The molecule has 2 aromatic rings. The smallest absolute Gasteiger partial charge is 0.349 e. The molecule has 2 rings (SSSR count). The van der Waals surface area contributed by atoms with Crippen LogP contribution in [0.1, 0.15) is 17.3 Å². The minimum Gasteiger partial charge on any atom is -0.493 e.